The third-order valence-corrected chi connectivity index (χ3v) is 4.82. The molecule has 6 heteroatoms. The van der Waals surface area contributed by atoms with Crippen molar-refractivity contribution in [1.29, 1.82) is 0 Å². The normalized spacial score (nSPS) is 11.5. The van der Waals surface area contributed by atoms with Gasteiger partial charge >= 0.3 is 37.9 Å². The van der Waals surface area contributed by atoms with Crippen molar-refractivity contribution in [1.82, 2.24) is 0 Å². The van der Waals surface area contributed by atoms with E-state index in [1.165, 1.54) is 0 Å². The second-order valence-corrected chi connectivity index (χ2v) is 11.6. The van der Waals surface area contributed by atoms with Crippen LogP contribution in [0.2, 0.25) is 0 Å². The Bertz CT molecular complexity index is 1150. The van der Waals surface area contributed by atoms with Crippen LogP contribution >= 0.6 is 17.0 Å². The summed E-state index contributed by atoms with van der Waals surface area (Å²) in [5, 5.41) is 24.0. The van der Waals surface area contributed by atoms with Crippen LogP contribution in [0.1, 0.15) is 26.3 Å². The number of rotatable bonds is 2. The van der Waals surface area contributed by atoms with Gasteiger partial charge < -0.3 is 5.11 Å². The minimum absolute atomic E-state index is 0.165. The van der Waals surface area contributed by atoms with Crippen molar-refractivity contribution < 1.29 is 26.0 Å². The Hall–Kier alpha value is -1.74. The topological polar surface area (TPSA) is 45.0 Å². The van der Waals surface area contributed by atoms with Gasteiger partial charge in [0.25, 0.3) is 0 Å². The average Bonchev–Trinajstić information content (AvgIpc) is 2.71. The number of hydrogen-bond acceptors (Lipinski definition) is 3. The SMILES string of the molecule is CC(C)(C)c1cccc(N=Nc2c3ccccc3cc3ccccc23)c1O.[Cl][Zr][Cl]. The zero-order valence-electron chi connectivity index (χ0n) is 17.0. The summed E-state index contributed by atoms with van der Waals surface area (Å²) in [7, 11) is 9.87. The van der Waals surface area contributed by atoms with Crippen molar-refractivity contribution >= 4 is 49.9 Å². The molecule has 0 saturated heterocycles. The number of azo groups is 1. The Morgan fingerprint density at radius 3 is 1.83 bits per heavy atom. The van der Waals surface area contributed by atoms with E-state index in [1.807, 2.05) is 36.4 Å². The first kappa shape index (κ1) is 22.9. The van der Waals surface area contributed by atoms with E-state index < -0.39 is 20.8 Å². The number of nitrogens with zero attached hydrogens (tertiary/aromatic N) is 2. The van der Waals surface area contributed by atoms with Gasteiger partial charge in [0.2, 0.25) is 0 Å². The van der Waals surface area contributed by atoms with Crippen molar-refractivity contribution in [2.75, 3.05) is 0 Å². The van der Waals surface area contributed by atoms with Gasteiger partial charge in [-0.3, -0.25) is 0 Å². The zero-order chi connectivity index (χ0) is 21.7. The molecule has 0 saturated carbocycles. The molecule has 0 atom stereocenters. The van der Waals surface area contributed by atoms with Gasteiger partial charge in [0.15, 0.2) is 0 Å². The number of para-hydroxylation sites is 1. The van der Waals surface area contributed by atoms with Crippen molar-refractivity contribution in [2.45, 2.75) is 26.2 Å². The predicted octanol–water partition coefficient (Wildman–Crippen LogP) is 8.79. The molecule has 0 fully saturated rings. The van der Waals surface area contributed by atoms with Crippen molar-refractivity contribution in [3.8, 4) is 5.75 Å². The molecule has 0 bridgehead atoms. The molecule has 0 amide bonds. The van der Waals surface area contributed by atoms with Gasteiger partial charge in [0.1, 0.15) is 17.1 Å². The zero-order valence-corrected chi connectivity index (χ0v) is 21.0. The Kier molecular flexibility index (Phi) is 7.68. The quantitative estimate of drug-likeness (QED) is 0.210. The van der Waals surface area contributed by atoms with Crippen LogP contribution in [0.3, 0.4) is 0 Å². The predicted molar refractivity (Wildman–Crippen MR) is 124 cm³/mol. The fourth-order valence-corrected chi connectivity index (χ4v) is 3.42. The number of phenolic OH excluding ortho intramolecular Hbond substituents is 1. The molecule has 0 unspecified atom stereocenters. The molecule has 0 aliphatic heterocycles. The van der Waals surface area contributed by atoms with Crippen LogP contribution in [-0.2, 0) is 26.3 Å². The number of fused-ring (bicyclic) bond motifs is 2. The van der Waals surface area contributed by atoms with E-state index in [1.54, 1.807) is 6.07 Å². The molecule has 0 aromatic heterocycles. The van der Waals surface area contributed by atoms with E-state index in [9.17, 15) is 5.11 Å². The summed E-state index contributed by atoms with van der Waals surface area (Å²) in [6.07, 6.45) is 0. The van der Waals surface area contributed by atoms with Crippen molar-refractivity contribution in [2.24, 2.45) is 10.2 Å². The molecule has 4 aromatic rings. The number of aromatic hydroxyl groups is 1. The van der Waals surface area contributed by atoms with Crippen LogP contribution in [0.4, 0.5) is 11.4 Å². The molecule has 3 nitrogen and oxygen atoms in total. The van der Waals surface area contributed by atoms with Gasteiger partial charge in [-0.25, -0.2) is 0 Å². The van der Waals surface area contributed by atoms with Crippen LogP contribution in [-0.4, -0.2) is 5.11 Å². The molecule has 0 aliphatic rings. The maximum atomic E-state index is 10.7. The van der Waals surface area contributed by atoms with E-state index in [0.29, 0.717) is 5.69 Å². The molecular weight excluding hydrogens is 494 g/mol. The molecule has 1 N–H and O–H groups in total. The van der Waals surface area contributed by atoms with Crippen LogP contribution < -0.4 is 0 Å². The van der Waals surface area contributed by atoms with E-state index in [0.717, 1.165) is 32.8 Å². The van der Waals surface area contributed by atoms with E-state index in [4.69, 9.17) is 17.0 Å². The molecule has 0 radical (unpaired) electrons. The summed E-state index contributed by atoms with van der Waals surface area (Å²) in [5.41, 5.74) is 2.01. The summed E-state index contributed by atoms with van der Waals surface area (Å²) in [5.74, 6) is 0.193. The van der Waals surface area contributed by atoms with Gasteiger partial charge in [-0.05, 0) is 28.3 Å². The molecule has 30 heavy (non-hydrogen) atoms. The molecule has 152 valence electrons. The van der Waals surface area contributed by atoms with Gasteiger partial charge in [-0.2, -0.15) is 0 Å². The fourth-order valence-electron chi connectivity index (χ4n) is 3.42. The number of halogens is 2. The molecule has 0 aliphatic carbocycles. The second-order valence-electron chi connectivity index (χ2n) is 7.86. The summed E-state index contributed by atoms with van der Waals surface area (Å²) < 4.78 is 0. The van der Waals surface area contributed by atoms with Gasteiger partial charge in [0, 0.05) is 16.3 Å². The van der Waals surface area contributed by atoms with E-state index in [-0.39, 0.29) is 11.2 Å². The van der Waals surface area contributed by atoms with Crippen molar-refractivity contribution in [3.63, 3.8) is 0 Å². The van der Waals surface area contributed by atoms with Gasteiger partial charge in [-0.15, -0.1) is 10.2 Å². The Labute approximate surface area is 195 Å². The third kappa shape index (κ3) is 5.11. The third-order valence-electron chi connectivity index (χ3n) is 4.82. The van der Waals surface area contributed by atoms with Gasteiger partial charge in [-0.1, -0.05) is 81.4 Å². The summed E-state index contributed by atoms with van der Waals surface area (Å²) in [4.78, 5) is 0. The van der Waals surface area contributed by atoms with E-state index in [2.05, 4.69) is 61.3 Å². The maximum absolute atomic E-state index is 10.7. The molecule has 0 spiro atoms. The Morgan fingerprint density at radius 2 is 1.30 bits per heavy atom. The summed E-state index contributed by atoms with van der Waals surface area (Å²) in [6, 6.07) is 24.1. The van der Waals surface area contributed by atoms with Crippen molar-refractivity contribution in [3.05, 3.63) is 78.4 Å². The Morgan fingerprint density at radius 1 is 0.767 bits per heavy atom. The number of hydrogen-bond donors (Lipinski definition) is 1. The standard InChI is InChI=1S/C24H22N2O.2ClH.Zr/c1-24(2,3)20-13-8-14-21(23(20)27)25-26-22-18-11-6-4-9-16(18)15-17-10-5-7-12-19(17)22;;;/h4-15,27H,1-3H3;2*1H;/q;;;+2/p-2. The first-order valence-electron chi connectivity index (χ1n) is 9.47. The molecule has 0 heterocycles. The Balaban J connectivity index is 0.000000806. The number of benzene rings is 4. The summed E-state index contributed by atoms with van der Waals surface area (Å²) in [6.45, 7) is 6.21. The monoisotopic (exact) mass is 514 g/mol. The second kappa shape index (κ2) is 10.0. The minimum atomic E-state index is -0.826. The first-order chi connectivity index (χ1) is 14.4. The summed E-state index contributed by atoms with van der Waals surface area (Å²) >= 11 is -0.826. The fraction of sp³-hybridized carbons (Fsp3) is 0.167. The van der Waals surface area contributed by atoms with Crippen LogP contribution in [0, 0.1) is 0 Å². The van der Waals surface area contributed by atoms with Crippen LogP contribution in [0.15, 0.2) is 83.0 Å². The van der Waals surface area contributed by atoms with Crippen LogP contribution in [0.25, 0.3) is 21.5 Å². The van der Waals surface area contributed by atoms with Crippen LogP contribution in [0.5, 0.6) is 5.75 Å². The molecular formula is C24H22Cl2N2OZr. The average molecular weight is 517 g/mol. The molecule has 4 aromatic carbocycles. The van der Waals surface area contributed by atoms with Gasteiger partial charge in [0.05, 0.1) is 0 Å². The first-order valence-corrected chi connectivity index (χ1v) is 15.8. The molecule has 4 rings (SSSR count). The van der Waals surface area contributed by atoms with E-state index >= 15 is 0 Å². The number of phenols is 1.